The van der Waals surface area contributed by atoms with Gasteiger partial charge in [-0.25, -0.2) is 4.79 Å². The lowest BCUT2D eigenvalue weighted by Crippen LogP contribution is -2.22. The van der Waals surface area contributed by atoms with Crippen molar-refractivity contribution in [2.45, 2.75) is 45.3 Å². The first-order chi connectivity index (χ1) is 11.5. The minimum atomic E-state index is -0.807. The van der Waals surface area contributed by atoms with Crippen LogP contribution in [-0.4, -0.2) is 34.3 Å². The average Bonchev–Trinajstić information content (AvgIpc) is 3.13. The Bertz CT molecular complexity index is 738. The molecule has 1 aliphatic rings. The second-order valence-corrected chi connectivity index (χ2v) is 5.83. The molecule has 0 aliphatic carbocycles. The summed E-state index contributed by atoms with van der Waals surface area (Å²) in [5.41, 5.74) is 1.96. The first kappa shape index (κ1) is 16.2. The van der Waals surface area contributed by atoms with Crippen molar-refractivity contribution in [1.29, 1.82) is 0 Å². The molecular weight excluding hydrogens is 312 g/mol. The molecule has 0 amide bonds. The number of nitrogens with zero attached hydrogens (tertiary/aromatic N) is 2. The van der Waals surface area contributed by atoms with E-state index in [1.54, 1.807) is 6.92 Å². The molecule has 3 rings (SSSR count). The highest BCUT2D eigenvalue weighted by Crippen LogP contribution is 2.20. The highest BCUT2D eigenvalue weighted by Gasteiger charge is 2.34. The van der Waals surface area contributed by atoms with Crippen LogP contribution in [0, 0.1) is 6.92 Å². The predicted octanol–water partition coefficient (Wildman–Crippen LogP) is 2.22. The summed E-state index contributed by atoms with van der Waals surface area (Å²) in [6.45, 7) is 3.76. The van der Waals surface area contributed by atoms with Crippen molar-refractivity contribution in [3.63, 3.8) is 0 Å². The molecule has 2 heterocycles. The second kappa shape index (κ2) is 6.82. The fraction of sp³-hybridized carbons (Fsp3) is 0.412. The first-order valence-corrected chi connectivity index (χ1v) is 7.80. The van der Waals surface area contributed by atoms with Gasteiger partial charge in [0.05, 0.1) is 6.42 Å². The molecule has 1 fully saturated rings. The number of aromatic nitrogens is 2. The fourth-order valence-electron chi connectivity index (χ4n) is 2.41. The molecule has 1 saturated heterocycles. The first-order valence-electron chi connectivity index (χ1n) is 7.80. The standard InChI is InChI=1S/C17H18N2O5/c1-10-3-5-12(6-4-10)16-19-18-14(24-16)7-8-15(20)23-13-9-11(2)22-17(13)21/h3-6,11,13H,7-9H2,1-2H3. The number of carbonyl (C=O) groups excluding carboxylic acids is 2. The Balaban J connectivity index is 1.53. The number of carbonyl (C=O) groups is 2. The van der Waals surface area contributed by atoms with E-state index in [4.69, 9.17) is 13.9 Å². The zero-order chi connectivity index (χ0) is 17.1. The van der Waals surface area contributed by atoms with Crippen LogP contribution in [0.25, 0.3) is 11.5 Å². The van der Waals surface area contributed by atoms with Gasteiger partial charge < -0.3 is 13.9 Å². The van der Waals surface area contributed by atoms with Crippen LogP contribution < -0.4 is 0 Å². The smallest absolute Gasteiger partial charge is 0.347 e. The van der Waals surface area contributed by atoms with Crippen LogP contribution in [0.2, 0.25) is 0 Å². The quantitative estimate of drug-likeness (QED) is 0.776. The maximum absolute atomic E-state index is 11.8. The maximum atomic E-state index is 11.8. The van der Waals surface area contributed by atoms with E-state index in [0.29, 0.717) is 18.2 Å². The van der Waals surface area contributed by atoms with Crippen molar-refractivity contribution in [2.24, 2.45) is 0 Å². The second-order valence-electron chi connectivity index (χ2n) is 5.83. The molecule has 0 N–H and O–H groups in total. The van der Waals surface area contributed by atoms with Crippen LogP contribution in [0.5, 0.6) is 0 Å². The molecule has 0 spiro atoms. The summed E-state index contributed by atoms with van der Waals surface area (Å²) in [6, 6.07) is 7.71. The SMILES string of the molecule is Cc1ccc(-c2nnc(CCC(=O)OC3CC(C)OC3=O)o2)cc1. The topological polar surface area (TPSA) is 91.5 Å². The number of esters is 2. The van der Waals surface area contributed by atoms with Crippen molar-refractivity contribution >= 4 is 11.9 Å². The summed E-state index contributed by atoms with van der Waals surface area (Å²) >= 11 is 0. The third-order valence-corrected chi connectivity index (χ3v) is 3.71. The van der Waals surface area contributed by atoms with Gasteiger partial charge in [-0.1, -0.05) is 17.7 Å². The third-order valence-electron chi connectivity index (χ3n) is 3.71. The summed E-state index contributed by atoms with van der Waals surface area (Å²) in [5, 5.41) is 7.91. The van der Waals surface area contributed by atoms with Crippen LogP contribution in [-0.2, 0) is 25.5 Å². The van der Waals surface area contributed by atoms with Gasteiger partial charge in [0.2, 0.25) is 17.9 Å². The summed E-state index contributed by atoms with van der Waals surface area (Å²) in [7, 11) is 0. The number of rotatable bonds is 5. The normalized spacial score (nSPS) is 20.0. The van der Waals surface area contributed by atoms with E-state index in [2.05, 4.69) is 10.2 Å². The number of benzene rings is 1. The van der Waals surface area contributed by atoms with Gasteiger partial charge in [-0.05, 0) is 26.0 Å². The minimum absolute atomic E-state index is 0.0632. The number of hydrogen-bond acceptors (Lipinski definition) is 7. The van der Waals surface area contributed by atoms with E-state index in [1.165, 1.54) is 0 Å². The lowest BCUT2D eigenvalue weighted by Gasteiger charge is -2.07. The van der Waals surface area contributed by atoms with Gasteiger partial charge in [-0.2, -0.15) is 0 Å². The van der Waals surface area contributed by atoms with Gasteiger partial charge in [-0.15, -0.1) is 10.2 Å². The van der Waals surface area contributed by atoms with Crippen molar-refractivity contribution in [3.05, 3.63) is 35.7 Å². The van der Waals surface area contributed by atoms with E-state index in [-0.39, 0.29) is 18.9 Å². The molecule has 0 saturated carbocycles. The summed E-state index contributed by atoms with van der Waals surface area (Å²) in [6.07, 6.45) is -0.313. The molecule has 7 nitrogen and oxygen atoms in total. The van der Waals surface area contributed by atoms with E-state index in [1.807, 2.05) is 31.2 Å². The molecule has 0 bridgehead atoms. The Hall–Kier alpha value is -2.70. The molecule has 2 aromatic rings. The molecule has 24 heavy (non-hydrogen) atoms. The lowest BCUT2D eigenvalue weighted by molar-refractivity contribution is -0.160. The van der Waals surface area contributed by atoms with Crippen molar-refractivity contribution in [3.8, 4) is 11.5 Å². The third kappa shape index (κ3) is 3.79. The molecule has 2 unspecified atom stereocenters. The van der Waals surface area contributed by atoms with Gasteiger partial charge in [-0.3, -0.25) is 4.79 Å². The van der Waals surface area contributed by atoms with Crippen LogP contribution in [0.3, 0.4) is 0 Å². The number of cyclic esters (lactones) is 1. The Labute approximate surface area is 139 Å². The fourth-order valence-corrected chi connectivity index (χ4v) is 2.41. The maximum Gasteiger partial charge on any atom is 0.347 e. The molecule has 1 aromatic carbocycles. The van der Waals surface area contributed by atoms with Crippen LogP contribution in [0.15, 0.2) is 28.7 Å². The minimum Gasteiger partial charge on any atom is -0.460 e. The van der Waals surface area contributed by atoms with Gasteiger partial charge in [0, 0.05) is 18.4 Å². The summed E-state index contributed by atoms with van der Waals surface area (Å²) in [5.74, 6) is -0.215. The van der Waals surface area contributed by atoms with E-state index in [9.17, 15) is 9.59 Å². The zero-order valence-corrected chi connectivity index (χ0v) is 13.5. The van der Waals surface area contributed by atoms with Crippen molar-refractivity contribution in [2.75, 3.05) is 0 Å². The van der Waals surface area contributed by atoms with Crippen LogP contribution in [0.4, 0.5) is 0 Å². The number of hydrogen-bond donors (Lipinski definition) is 0. The summed E-state index contributed by atoms with van der Waals surface area (Å²) < 4.78 is 15.6. The number of ether oxygens (including phenoxy) is 2. The molecule has 0 radical (unpaired) electrons. The molecule has 2 atom stereocenters. The molecular formula is C17H18N2O5. The highest BCUT2D eigenvalue weighted by molar-refractivity contribution is 5.81. The lowest BCUT2D eigenvalue weighted by atomic mass is 10.1. The average molecular weight is 330 g/mol. The van der Waals surface area contributed by atoms with Gasteiger partial charge in [0.1, 0.15) is 6.10 Å². The molecule has 126 valence electrons. The van der Waals surface area contributed by atoms with E-state index < -0.39 is 18.0 Å². The Morgan fingerprint density at radius 1 is 1.29 bits per heavy atom. The highest BCUT2D eigenvalue weighted by atomic mass is 16.6. The number of aryl methyl sites for hydroxylation is 2. The summed E-state index contributed by atoms with van der Waals surface area (Å²) in [4.78, 5) is 23.3. The Morgan fingerprint density at radius 3 is 2.71 bits per heavy atom. The Kier molecular flexibility index (Phi) is 4.59. The Morgan fingerprint density at radius 2 is 2.04 bits per heavy atom. The molecule has 1 aromatic heterocycles. The van der Waals surface area contributed by atoms with Crippen molar-refractivity contribution < 1.29 is 23.5 Å². The van der Waals surface area contributed by atoms with Crippen molar-refractivity contribution in [1.82, 2.24) is 10.2 Å². The monoisotopic (exact) mass is 330 g/mol. The largest absolute Gasteiger partial charge is 0.460 e. The van der Waals surface area contributed by atoms with Gasteiger partial charge in [0.15, 0.2) is 0 Å². The van der Waals surface area contributed by atoms with E-state index >= 15 is 0 Å². The van der Waals surface area contributed by atoms with E-state index in [0.717, 1.165) is 11.1 Å². The predicted molar refractivity (Wildman–Crippen MR) is 82.8 cm³/mol. The molecule has 7 heteroatoms. The molecule has 1 aliphatic heterocycles. The van der Waals surface area contributed by atoms with Crippen LogP contribution in [0.1, 0.15) is 31.2 Å². The van der Waals surface area contributed by atoms with Gasteiger partial charge in [0.25, 0.3) is 0 Å². The van der Waals surface area contributed by atoms with Gasteiger partial charge >= 0.3 is 11.9 Å². The van der Waals surface area contributed by atoms with Crippen LogP contribution >= 0.6 is 0 Å². The zero-order valence-electron chi connectivity index (χ0n) is 13.5.